The quantitative estimate of drug-likeness (QED) is 0.912. The summed E-state index contributed by atoms with van der Waals surface area (Å²) in [6.07, 6.45) is 0. The monoisotopic (exact) mass is 332 g/mol. The first-order valence-electron chi connectivity index (χ1n) is 7.69. The molecule has 2 aromatic carbocycles. The van der Waals surface area contributed by atoms with E-state index in [1.54, 1.807) is 33.5 Å². The van der Waals surface area contributed by atoms with Gasteiger partial charge in [0.1, 0.15) is 5.82 Å². The fraction of sp³-hybridized carbons (Fsp3) is 0.333. The highest BCUT2D eigenvalue weighted by Gasteiger charge is 2.35. The van der Waals surface area contributed by atoms with Crippen LogP contribution >= 0.6 is 0 Å². The van der Waals surface area contributed by atoms with Crippen molar-refractivity contribution in [1.82, 2.24) is 0 Å². The molecule has 1 aliphatic rings. The van der Waals surface area contributed by atoms with E-state index in [0.29, 0.717) is 36.0 Å². The highest BCUT2D eigenvalue weighted by atomic mass is 19.1. The van der Waals surface area contributed by atoms with Crippen LogP contribution in [-0.2, 0) is 6.54 Å². The Hall–Kier alpha value is -2.47. The lowest BCUT2D eigenvalue weighted by Gasteiger charge is -2.26. The molecule has 0 saturated carbocycles. The summed E-state index contributed by atoms with van der Waals surface area (Å²) in [6, 6.07) is 8.43. The molecule has 6 heteroatoms. The van der Waals surface area contributed by atoms with Gasteiger partial charge in [-0.1, -0.05) is 12.1 Å². The first-order valence-corrected chi connectivity index (χ1v) is 7.69. The van der Waals surface area contributed by atoms with Crippen molar-refractivity contribution >= 4 is 5.69 Å². The van der Waals surface area contributed by atoms with Crippen molar-refractivity contribution < 1.29 is 18.6 Å². The summed E-state index contributed by atoms with van der Waals surface area (Å²) in [7, 11) is 4.72. The van der Waals surface area contributed by atoms with Crippen LogP contribution in [0.2, 0.25) is 0 Å². The number of nitrogens with zero attached hydrogens (tertiary/aromatic N) is 1. The van der Waals surface area contributed by atoms with Crippen molar-refractivity contribution in [3.63, 3.8) is 0 Å². The highest BCUT2D eigenvalue weighted by molar-refractivity contribution is 5.66. The van der Waals surface area contributed by atoms with E-state index in [1.807, 2.05) is 17.0 Å². The molecule has 5 nitrogen and oxygen atoms in total. The molecular weight excluding hydrogens is 311 g/mol. The van der Waals surface area contributed by atoms with E-state index in [0.717, 1.165) is 11.1 Å². The number of hydrogen-bond acceptors (Lipinski definition) is 5. The fourth-order valence-corrected chi connectivity index (χ4v) is 3.34. The van der Waals surface area contributed by atoms with Crippen LogP contribution in [0, 0.1) is 5.82 Å². The number of ether oxygens (including phenoxy) is 3. The lowest BCUT2D eigenvalue weighted by molar-refractivity contribution is 0.322. The van der Waals surface area contributed by atoms with Crippen molar-refractivity contribution in [2.24, 2.45) is 5.73 Å². The summed E-state index contributed by atoms with van der Waals surface area (Å²) < 4.78 is 30.7. The van der Waals surface area contributed by atoms with Gasteiger partial charge in [-0.2, -0.15) is 0 Å². The lowest BCUT2D eigenvalue weighted by Crippen LogP contribution is -2.28. The van der Waals surface area contributed by atoms with Crippen molar-refractivity contribution in [3.05, 3.63) is 47.3 Å². The second-order valence-electron chi connectivity index (χ2n) is 5.54. The number of halogens is 1. The summed E-state index contributed by atoms with van der Waals surface area (Å²) >= 11 is 0. The summed E-state index contributed by atoms with van der Waals surface area (Å²) in [5.74, 6) is 1.43. The van der Waals surface area contributed by atoms with E-state index >= 15 is 0 Å². The summed E-state index contributed by atoms with van der Waals surface area (Å²) in [5.41, 5.74) is 8.43. The zero-order chi connectivity index (χ0) is 17.3. The van der Waals surface area contributed by atoms with Crippen LogP contribution in [0.25, 0.3) is 0 Å². The molecule has 1 heterocycles. The van der Waals surface area contributed by atoms with Gasteiger partial charge in [0.2, 0.25) is 5.75 Å². The van der Waals surface area contributed by atoms with Gasteiger partial charge < -0.3 is 24.8 Å². The Bertz CT molecular complexity index is 751. The van der Waals surface area contributed by atoms with Gasteiger partial charge in [-0.25, -0.2) is 4.39 Å². The van der Waals surface area contributed by atoms with Gasteiger partial charge >= 0.3 is 0 Å². The third-order valence-electron chi connectivity index (χ3n) is 4.42. The van der Waals surface area contributed by atoms with Gasteiger partial charge in [0.25, 0.3) is 0 Å². The average molecular weight is 332 g/mol. The molecular formula is C18H21FN2O3. The zero-order valence-corrected chi connectivity index (χ0v) is 14.0. The average Bonchev–Trinajstić information content (AvgIpc) is 2.97. The van der Waals surface area contributed by atoms with Crippen LogP contribution < -0.4 is 24.8 Å². The lowest BCUT2D eigenvalue weighted by atomic mass is 10.0. The van der Waals surface area contributed by atoms with E-state index in [1.165, 1.54) is 6.07 Å². The Balaban J connectivity index is 2.16. The van der Waals surface area contributed by atoms with Crippen LogP contribution in [0.3, 0.4) is 0 Å². The predicted octanol–water partition coefficient (Wildman–Crippen LogP) is 2.87. The summed E-state index contributed by atoms with van der Waals surface area (Å²) in [4.78, 5) is 1.95. The third kappa shape index (κ3) is 2.43. The molecule has 0 fully saturated rings. The van der Waals surface area contributed by atoms with Gasteiger partial charge in [-0.3, -0.25) is 0 Å². The second kappa shape index (κ2) is 6.57. The minimum Gasteiger partial charge on any atom is -0.493 e. The maximum Gasteiger partial charge on any atom is 0.203 e. The van der Waals surface area contributed by atoms with E-state index in [4.69, 9.17) is 19.9 Å². The Morgan fingerprint density at radius 3 is 2.42 bits per heavy atom. The highest BCUT2D eigenvalue weighted by Crippen LogP contribution is 2.49. The summed E-state index contributed by atoms with van der Waals surface area (Å²) in [5, 5.41) is 0. The Morgan fingerprint density at radius 1 is 1.12 bits per heavy atom. The second-order valence-corrected chi connectivity index (χ2v) is 5.54. The zero-order valence-electron chi connectivity index (χ0n) is 14.0. The van der Waals surface area contributed by atoms with Crippen molar-refractivity contribution in [3.8, 4) is 17.2 Å². The van der Waals surface area contributed by atoms with Gasteiger partial charge in [0.05, 0.1) is 33.1 Å². The fourth-order valence-electron chi connectivity index (χ4n) is 3.34. The molecule has 0 saturated heterocycles. The molecule has 1 aliphatic heterocycles. The molecule has 0 bridgehead atoms. The molecule has 0 amide bonds. The molecule has 128 valence electrons. The van der Waals surface area contributed by atoms with E-state index < -0.39 is 0 Å². The maximum atomic E-state index is 14.3. The Labute approximate surface area is 140 Å². The molecule has 24 heavy (non-hydrogen) atoms. The first-order chi connectivity index (χ1) is 11.7. The number of rotatable bonds is 5. The smallest absolute Gasteiger partial charge is 0.203 e. The van der Waals surface area contributed by atoms with Gasteiger partial charge in [0.15, 0.2) is 11.5 Å². The minimum atomic E-state index is -0.276. The van der Waals surface area contributed by atoms with E-state index in [-0.39, 0.29) is 11.9 Å². The topological polar surface area (TPSA) is 57.0 Å². The first kappa shape index (κ1) is 16.4. The molecule has 2 N–H and O–H groups in total. The van der Waals surface area contributed by atoms with Crippen LogP contribution in [0.4, 0.5) is 10.1 Å². The van der Waals surface area contributed by atoms with Crippen molar-refractivity contribution in [2.45, 2.75) is 12.6 Å². The molecule has 0 aromatic heterocycles. The van der Waals surface area contributed by atoms with Crippen LogP contribution in [0.15, 0.2) is 30.3 Å². The number of hydrogen-bond donors (Lipinski definition) is 1. The Kier molecular flexibility index (Phi) is 4.49. The predicted molar refractivity (Wildman–Crippen MR) is 90.5 cm³/mol. The van der Waals surface area contributed by atoms with Crippen LogP contribution in [0.5, 0.6) is 17.2 Å². The number of fused-ring (bicyclic) bond motifs is 1. The molecule has 0 spiro atoms. The van der Waals surface area contributed by atoms with E-state index in [9.17, 15) is 4.39 Å². The number of para-hydroxylation sites is 1. The van der Waals surface area contributed by atoms with Gasteiger partial charge in [0, 0.05) is 18.7 Å². The van der Waals surface area contributed by atoms with Crippen molar-refractivity contribution in [2.75, 3.05) is 32.8 Å². The Morgan fingerprint density at radius 2 is 1.83 bits per heavy atom. The normalized spacial score (nSPS) is 16.0. The van der Waals surface area contributed by atoms with Crippen LogP contribution in [-0.4, -0.2) is 27.9 Å². The number of methoxy groups -OCH3 is 3. The molecule has 3 rings (SSSR count). The summed E-state index contributed by atoms with van der Waals surface area (Å²) in [6.45, 7) is 0.835. The maximum absolute atomic E-state index is 14.3. The van der Waals surface area contributed by atoms with E-state index in [2.05, 4.69) is 0 Å². The molecule has 1 unspecified atom stereocenters. The SMILES string of the molecule is COc1cc2c(c(OC)c1OC)CN(c1ccccc1F)C2CN. The minimum absolute atomic E-state index is 0.161. The third-order valence-corrected chi connectivity index (χ3v) is 4.42. The van der Waals surface area contributed by atoms with Crippen molar-refractivity contribution in [1.29, 1.82) is 0 Å². The molecule has 2 aromatic rings. The van der Waals surface area contributed by atoms with Crippen LogP contribution in [0.1, 0.15) is 17.2 Å². The largest absolute Gasteiger partial charge is 0.493 e. The molecule has 0 radical (unpaired) electrons. The standard InChI is InChI=1S/C18H21FN2O3/c1-22-16-8-11-12(17(23-2)18(16)24-3)10-21(15(11)9-20)14-7-5-4-6-13(14)19/h4-8,15H,9-10,20H2,1-3H3. The molecule has 0 aliphatic carbocycles. The number of anilines is 1. The molecule has 1 atom stereocenters. The number of nitrogens with two attached hydrogens (primary N) is 1. The number of benzene rings is 2. The van der Waals surface area contributed by atoms with Gasteiger partial charge in [-0.05, 0) is 23.8 Å². The van der Waals surface area contributed by atoms with Gasteiger partial charge in [-0.15, -0.1) is 0 Å².